The van der Waals surface area contributed by atoms with Crippen LogP contribution in [0.2, 0.25) is 0 Å². The summed E-state index contributed by atoms with van der Waals surface area (Å²) in [4.78, 5) is 24.1. The number of hydrogen-bond donors (Lipinski definition) is 2. The van der Waals surface area contributed by atoms with Crippen molar-refractivity contribution >= 4 is 17.5 Å². The minimum Gasteiger partial charge on any atom is -0.492 e. The zero-order valence-corrected chi connectivity index (χ0v) is 16.1. The Hall–Kier alpha value is -3.87. The fourth-order valence-electron chi connectivity index (χ4n) is 2.57. The number of hydrogen-bond acceptors (Lipinski definition) is 4. The molecule has 30 heavy (non-hydrogen) atoms. The number of anilines is 1. The van der Waals surface area contributed by atoms with Crippen LogP contribution in [0.25, 0.3) is 0 Å². The maximum atomic E-state index is 13.1. The minimum absolute atomic E-state index is 0.184. The Morgan fingerprint density at radius 2 is 1.57 bits per heavy atom. The maximum Gasteiger partial charge on any atom is 0.258 e. The van der Waals surface area contributed by atoms with Crippen LogP contribution >= 0.6 is 0 Å². The van der Waals surface area contributed by atoms with Crippen LogP contribution in [0.5, 0.6) is 11.5 Å². The topological polar surface area (TPSA) is 76.7 Å². The van der Waals surface area contributed by atoms with Gasteiger partial charge in [-0.05, 0) is 36.4 Å². The van der Waals surface area contributed by atoms with Gasteiger partial charge in [0, 0.05) is 23.4 Å². The highest BCUT2D eigenvalue weighted by atomic mass is 19.1. The van der Waals surface area contributed by atoms with E-state index in [1.54, 1.807) is 60.7 Å². The summed E-state index contributed by atoms with van der Waals surface area (Å²) in [6.45, 7) is 0.276. The standard InChI is InChI=1S/C23H21FN2O4/c24-18-8-4-10-20(14-18)29-13-12-25-22(27)16-30-21-11-5-9-19(15-21)26-23(28)17-6-2-1-3-7-17/h1-11,14-15H,12-13,16H2,(H,25,27)(H,26,28). The van der Waals surface area contributed by atoms with Gasteiger partial charge in [-0.15, -0.1) is 0 Å². The fourth-order valence-corrected chi connectivity index (χ4v) is 2.57. The van der Waals surface area contributed by atoms with Gasteiger partial charge in [-0.3, -0.25) is 9.59 Å². The van der Waals surface area contributed by atoms with Crippen LogP contribution in [0.15, 0.2) is 78.9 Å². The molecule has 0 aliphatic heterocycles. The van der Waals surface area contributed by atoms with Gasteiger partial charge in [-0.2, -0.15) is 0 Å². The molecular weight excluding hydrogens is 387 g/mol. The van der Waals surface area contributed by atoms with Gasteiger partial charge in [0.05, 0.1) is 6.54 Å². The molecule has 3 aromatic carbocycles. The minimum atomic E-state index is -0.382. The van der Waals surface area contributed by atoms with E-state index < -0.39 is 0 Å². The molecule has 0 aliphatic carbocycles. The number of halogens is 1. The first-order chi connectivity index (χ1) is 14.6. The highest BCUT2D eigenvalue weighted by molar-refractivity contribution is 6.04. The molecule has 3 aromatic rings. The molecule has 0 heterocycles. The summed E-state index contributed by atoms with van der Waals surface area (Å²) in [5, 5.41) is 5.44. The van der Waals surface area contributed by atoms with Gasteiger partial charge in [0.25, 0.3) is 11.8 Å². The number of rotatable bonds is 9. The molecule has 0 saturated carbocycles. The van der Waals surface area contributed by atoms with Gasteiger partial charge in [-0.25, -0.2) is 4.39 Å². The van der Waals surface area contributed by atoms with Gasteiger partial charge in [0.2, 0.25) is 0 Å². The van der Waals surface area contributed by atoms with Crippen molar-refractivity contribution in [3.05, 3.63) is 90.2 Å². The third-order valence-electron chi connectivity index (χ3n) is 3.99. The zero-order chi connectivity index (χ0) is 21.2. The van der Waals surface area contributed by atoms with E-state index in [4.69, 9.17) is 9.47 Å². The molecule has 0 aliphatic rings. The van der Waals surface area contributed by atoms with Crippen molar-refractivity contribution in [2.75, 3.05) is 25.1 Å². The summed E-state index contributed by atoms with van der Waals surface area (Å²) >= 11 is 0. The predicted octanol–water partition coefficient (Wildman–Crippen LogP) is 3.65. The number of carbonyl (C=O) groups excluding carboxylic acids is 2. The largest absolute Gasteiger partial charge is 0.492 e. The molecule has 0 spiro atoms. The predicted molar refractivity (Wildman–Crippen MR) is 111 cm³/mol. The van der Waals surface area contributed by atoms with Crippen molar-refractivity contribution in [2.45, 2.75) is 0 Å². The molecule has 0 saturated heterocycles. The van der Waals surface area contributed by atoms with Crippen molar-refractivity contribution in [3.8, 4) is 11.5 Å². The second-order valence-electron chi connectivity index (χ2n) is 6.29. The fraction of sp³-hybridized carbons (Fsp3) is 0.130. The van der Waals surface area contributed by atoms with Crippen molar-refractivity contribution < 1.29 is 23.5 Å². The SMILES string of the molecule is O=C(COc1cccc(NC(=O)c2ccccc2)c1)NCCOc1cccc(F)c1. The Morgan fingerprint density at radius 3 is 2.33 bits per heavy atom. The smallest absolute Gasteiger partial charge is 0.258 e. The highest BCUT2D eigenvalue weighted by Gasteiger charge is 2.07. The van der Waals surface area contributed by atoms with Crippen molar-refractivity contribution in [1.82, 2.24) is 5.32 Å². The normalized spacial score (nSPS) is 10.2. The molecule has 2 N–H and O–H groups in total. The molecule has 0 atom stereocenters. The monoisotopic (exact) mass is 408 g/mol. The Balaban J connectivity index is 1.40. The van der Waals surface area contributed by atoms with E-state index in [1.165, 1.54) is 12.1 Å². The van der Waals surface area contributed by atoms with Crippen LogP contribution in [0.4, 0.5) is 10.1 Å². The van der Waals surface area contributed by atoms with Crippen LogP contribution in [-0.2, 0) is 4.79 Å². The van der Waals surface area contributed by atoms with Crippen LogP contribution in [0, 0.1) is 5.82 Å². The van der Waals surface area contributed by atoms with E-state index in [-0.39, 0.29) is 37.4 Å². The molecule has 2 amide bonds. The number of nitrogens with one attached hydrogen (secondary N) is 2. The first kappa shape index (κ1) is 20.9. The number of ether oxygens (including phenoxy) is 2. The third kappa shape index (κ3) is 6.63. The summed E-state index contributed by atoms with van der Waals surface area (Å²) < 4.78 is 23.9. The summed E-state index contributed by atoms with van der Waals surface area (Å²) in [6.07, 6.45) is 0. The second-order valence-corrected chi connectivity index (χ2v) is 6.29. The summed E-state index contributed by atoms with van der Waals surface area (Å²) in [5.41, 5.74) is 1.11. The van der Waals surface area contributed by atoms with Gasteiger partial charge in [0.1, 0.15) is 23.9 Å². The van der Waals surface area contributed by atoms with Crippen molar-refractivity contribution in [3.63, 3.8) is 0 Å². The average Bonchev–Trinajstić information content (AvgIpc) is 2.76. The van der Waals surface area contributed by atoms with Crippen LogP contribution in [-0.4, -0.2) is 31.6 Å². The van der Waals surface area contributed by atoms with Gasteiger partial charge in [-0.1, -0.05) is 30.3 Å². The Kier molecular flexibility index (Phi) is 7.38. The lowest BCUT2D eigenvalue weighted by Gasteiger charge is -2.10. The second kappa shape index (κ2) is 10.6. The lowest BCUT2D eigenvalue weighted by molar-refractivity contribution is -0.123. The van der Waals surface area contributed by atoms with E-state index in [9.17, 15) is 14.0 Å². The highest BCUT2D eigenvalue weighted by Crippen LogP contribution is 2.18. The van der Waals surface area contributed by atoms with E-state index in [1.807, 2.05) is 6.07 Å². The number of carbonyl (C=O) groups is 2. The lowest BCUT2D eigenvalue weighted by Crippen LogP contribution is -2.32. The van der Waals surface area contributed by atoms with Crippen LogP contribution < -0.4 is 20.1 Å². The van der Waals surface area contributed by atoms with Crippen molar-refractivity contribution in [1.29, 1.82) is 0 Å². The first-order valence-electron chi connectivity index (χ1n) is 9.34. The number of amides is 2. The van der Waals surface area contributed by atoms with E-state index in [2.05, 4.69) is 10.6 Å². The van der Waals surface area contributed by atoms with Crippen LogP contribution in [0.3, 0.4) is 0 Å². The Morgan fingerprint density at radius 1 is 0.833 bits per heavy atom. The van der Waals surface area contributed by atoms with E-state index in [0.717, 1.165) is 0 Å². The molecule has 0 fully saturated rings. The van der Waals surface area contributed by atoms with Gasteiger partial charge < -0.3 is 20.1 Å². The van der Waals surface area contributed by atoms with E-state index in [0.29, 0.717) is 22.7 Å². The maximum absolute atomic E-state index is 13.1. The summed E-state index contributed by atoms with van der Waals surface area (Å²) in [5.74, 6) is -0.0885. The van der Waals surface area contributed by atoms with Crippen LogP contribution in [0.1, 0.15) is 10.4 Å². The molecular formula is C23H21FN2O4. The summed E-state index contributed by atoms with van der Waals surface area (Å²) in [7, 11) is 0. The quantitative estimate of drug-likeness (QED) is 0.530. The first-order valence-corrected chi connectivity index (χ1v) is 9.34. The number of benzene rings is 3. The molecule has 0 unspecified atom stereocenters. The molecule has 154 valence electrons. The van der Waals surface area contributed by atoms with E-state index >= 15 is 0 Å². The lowest BCUT2D eigenvalue weighted by atomic mass is 10.2. The Labute approximate surface area is 173 Å². The molecule has 6 nitrogen and oxygen atoms in total. The Bertz CT molecular complexity index is 995. The molecule has 0 aromatic heterocycles. The molecule has 0 bridgehead atoms. The summed E-state index contributed by atoms with van der Waals surface area (Å²) in [6, 6.07) is 21.4. The molecule has 0 radical (unpaired) electrons. The van der Waals surface area contributed by atoms with Gasteiger partial charge >= 0.3 is 0 Å². The van der Waals surface area contributed by atoms with Crippen molar-refractivity contribution in [2.24, 2.45) is 0 Å². The zero-order valence-electron chi connectivity index (χ0n) is 16.1. The van der Waals surface area contributed by atoms with Gasteiger partial charge in [0.15, 0.2) is 6.61 Å². The third-order valence-corrected chi connectivity index (χ3v) is 3.99. The molecule has 3 rings (SSSR count). The average molecular weight is 408 g/mol. The molecule has 7 heteroatoms.